The van der Waals surface area contributed by atoms with Gasteiger partial charge in [0.2, 0.25) is 5.91 Å². The van der Waals surface area contributed by atoms with E-state index in [0.29, 0.717) is 12.1 Å². The Labute approximate surface area is 98.9 Å². The summed E-state index contributed by atoms with van der Waals surface area (Å²) in [6, 6.07) is 0.740. The Bertz CT molecular complexity index is 250. The van der Waals surface area contributed by atoms with Crippen LogP contribution in [0.4, 0.5) is 0 Å². The second kappa shape index (κ2) is 6.04. The van der Waals surface area contributed by atoms with E-state index < -0.39 is 0 Å². The Kier molecular flexibility index (Phi) is 5.00. The van der Waals surface area contributed by atoms with E-state index in [-0.39, 0.29) is 11.9 Å². The summed E-state index contributed by atoms with van der Waals surface area (Å²) >= 11 is 0. The number of allylic oxidation sites excluding steroid dienone is 1. The van der Waals surface area contributed by atoms with Gasteiger partial charge in [0.1, 0.15) is 0 Å². The minimum absolute atomic E-state index is 0.0298. The topological polar surface area (TPSA) is 32.3 Å². The number of amides is 1. The van der Waals surface area contributed by atoms with E-state index >= 15 is 0 Å². The van der Waals surface area contributed by atoms with Gasteiger partial charge in [-0.1, -0.05) is 6.08 Å². The number of hydrogen-bond donors (Lipinski definition) is 1. The number of nitrogens with zero attached hydrogens (tertiary/aromatic N) is 1. The van der Waals surface area contributed by atoms with E-state index in [1.54, 1.807) is 0 Å². The Morgan fingerprint density at radius 2 is 2.25 bits per heavy atom. The molecule has 0 radical (unpaired) electrons. The van der Waals surface area contributed by atoms with Gasteiger partial charge < -0.3 is 10.2 Å². The lowest BCUT2D eigenvalue weighted by atomic mass is 10.1. The third-order valence-corrected chi connectivity index (χ3v) is 3.15. The maximum Gasteiger partial charge on any atom is 0.240 e. The molecule has 0 aromatic rings. The molecule has 1 fully saturated rings. The van der Waals surface area contributed by atoms with Gasteiger partial charge in [-0.05, 0) is 40.0 Å². The van der Waals surface area contributed by atoms with Crippen molar-refractivity contribution in [3.05, 3.63) is 12.7 Å². The molecule has 3 nitrogen and oxygen atoms in total. The average molecular weight is 224 g/mol. The first kappa shape index (κ1) is 13.2. The van der Waals surface area contributed by atoms with Crippen LogP contribution in [-0.4, -0.2) is 35.5 Å². The zero-order valence-electron chi connectivity index (χ0n) is 10.7. The van der Waals surface area contributed by atoms with E-state index in [0.717, 1.165) is 25.8 Å². The number of carbonyl (C=O) groups is 1. The summed E-state index contributed by atoms with van der Waals surface area (Å²) in [7, 11) is 0. The van der Waals surface area contributed by atoms with Crippen LogP contribution in [0.3, 0.4) is 0 Å². The van der Waals surface area contributed by atoms with Gasteiger partial charge in [-0.3, -0.25) is 4.79 Å². The van der Waals surface area contributed by atoms with Gasteiger partial charge in [-0.2, -0.15) is 0 Å². The number of nitrogens with one attached hydrogen (secondary N) is 1. The van der Waals surface area contributed by atoms with Crippen molar-refractivity contribution in [3.8, 4) is 0 Å². The quantitative estimate of drug-likeness (QED) is 0.699. The molecule has 1 heterocycles. The lowest BCUT2D eigenvalue weighted by molar-refractivity contribution is -0.130. The van der Waals surface area contributed by atoms with Gasteiger partial charge in [0.25, 0.3) is 0 Å². The molecule has 1 aliphatic heterocycles. The predicted molar refractivity (Wildman–Crippen MR) is 67.3 cm³/mol. The molecule has 0 aromatic carbocycles. The molecular weight excluding hydrogens is 200 g/mol. The number of hydrogen-bond acceptors (Lipinski definition) is 2. The highest BCUT2D eigenvalue weighted by Gasteiger charge is 2.33. The molecule has 0 saturated carbocycles. The average Bonchev–Trinajstić information content (AvgIpc) is 2.57. The summed E-state index contributed by atoms with van der Waals surface area (Å²) in [5, 5.41) is 3.41. The molecule has 1 amide bonds. The van der Waals surface area contributed by atoms with Crippen LogP contribution >= 0.6 is 0 Å². The van der Waals surface area contributed by atoms with Crippen molar-refractivity contribution >= 4 is 5.91 Å². The van der Waals surface area contributed by atoms with E-state index in [2.05, 4.69) is 32.7 Å². The molecule has 1 N–H and O–H groups in total. The lowest BCUT2D eigenvalue weighted by Gasteiger charge is -2.22. The molecule has 92 valence electrons. The van der Waals surface area contributed by atoms with Crippen molar-refractivity contribution in [3.63, 3.8) is 0 Å². The van der Waals surface area contributed by atoms with Crippen LogP contribution in [-0.2, 0) is 4.79 Å². The first-order valence-electron chi connectivity index (χ1n) is 6.23. The van der Waals surface area contributed by atoms with Crippen molar-refractivity contribution in [1.82, 2.24) is 10.2 Å². The minimum Gasteiger partial charge on any atom is -0.339 e. The maximum atomic E-state index is 12.0. The summed E-state index contributed by atoms with van der Waals surface area (Å²) in [5.41, 5.74) is 0. The zero-order valence-corrected chi connectivity index (χ0v) is 10.7. The Morgan fingerprint density at radius 3 is 2.75 bits per heavy atom. The molecule has 1 rings (SSSR count). The normalized spacial score (nSPS) is 22.9. The monoisotopic (exact) mass is 224 g/mol. The van der Waals surface area contributed by atoms with Crippen molar-refractivity contribution in [2.24, 2.45) is 0 Å². The Balaban J connectivity index is 2.39. The molecule has 1 saturated heterocycles. The first-order valence-corrected chi connectivity index (χ1v) is 6.23. The van der Waals surface area contributed by atoms with Gasteiger partial charge in [-0.25, -0.2) is 0 Å². The third kappa shape index (κ3) is 3.34. The largest absolute Gasteiger partial charge is 0.339 e. The highest BCUT2D eigenvalue weighted by Crippen LogP contribution is 2.15. The van der Waals surface area contributed by atoms with Crippen LogP contribution in [0, 0.1) is 0 Å². The van der Waals surface area contributed by atoms with Crippen LogP contribution in [0.15, 0.2) is 12.7 Å². The minimum atomic E-state index is 0.0298. The number of carbonyl (C=O) groups excluding carboxylic acids is 1. The predicted octanol–water partition coefficient (Wildman–Crippen LogP) is 1.94. The molecule has 1 aliphatic rings. The van der Waals surface area contributed by atoms with Crippen LogP contribution in [0.5, 0.6) is 0 Å². The smallest absolute Gasteiger partial charge is 0.240 e. The molecule has 3 heteroatoms. The standard InChI is InChI=1S/C13H24N2O/c1-5-6-7-11(4)14-12-8-9-15(10(2)3)13(12)16/h5,10-12,14H,1,6-9H2,2-4H3/t11-,12-/m0/s1. The van der Waals surface area contributed by atoms with E-state index in [1.165, 1.54) is 0 Å². The highest BCUT2D eigenvalue weighted by molar-refractivity contribution is 5.84. The zero-order chi connectivity index (χ0) is 12.1. The molecule has 0 unspecified atom stereocenters. The molecule has 16 heavy (non-hydrogen) atoms. The van der Waals surface area contributed by atoms with Gasteiger partial charge >= 0.3 is 0 Å². The summed E-state index contributed by atoms with van der Waals surface area (Å²) in [5.74, 6) is 0.264. The fraction of sp³-hybridized carbons (Fsp3) is 0.769. The molecular formula is C13H24N2O. The summed E-state index contributed by atoms with van der Waals surface area (Å²) in [6.45, 7) is 10.9. The second-order valence-electron chi connectivity index (χ2n) is 4.90. The maximum absolute atomic E-state index is 12.0. The number of rotatable bonds is 6. The first-order chi connectivity index (χ1) is 7.56. The number of likely N-dealkylation sites (tertiary alicyclic amines) is 1. The fourth-order valence-corrected chi connectivity index (χ4v) is 2.16. The van der Waals surface area contributed by atoms with Crippen molar-refractivity contribution in [2.75, 3.05) is 6.54 Å². The molecule has 0 aliphatic carbocycles. The molecule has 0 spiro atoms. The fourth-order valence-electron chi connectivity index (χ4n) is 2.16. The molecule has 2 atom stereocenters. The second-order valence-corrected chi connectivity index (χ2v) is 4.90. The molecule has 0 bridgehead atoms. The Morgan fingerprint density at radius 1 is 1.56 bits per heavy atom. The highest BCUT2D eigenvalue weighted by atomic mass is 16.2. The van der Waals surface area contributed by atoms with Crippen molar-refractivity contribution in [2.45, 2.75) is 58.2 Å². The SMILES string of the molecule is C=CCC[C@H](C)N[C@H]1CCN(C(C)C)C1=O. The van der Waals surface area contributed by atoms with Crippen molar-refractivity contribution in [1.29, 1.82) is 0 Å². The van der Waals surface area contributed by atoms with Gasteiger partial charge in [0, 0.05) is 18.6 Å². The van der Waals surface area contributed by atoms with Crippen LogP contribution in [0.1, 0.15) is 40.0 Å². The van der Waals surface area contributed by atoms with Gasteiger partial charge in [0.05, 0.1) is 6.04 Å². The third-order valence-electron chi connectivity index (χ3n) is 3.15. The summed E-state index contributed by atoms with van der Waals surface area (Å²) < 4.78 is 0. The summed E-state index contributed by atoms with van der Waals surface area (Å²) in [6.07, 6.45) is 4.92. The van der Waals surface area contributed by atoms with Crippen molar-refractivity contribution < 1.29 is 4.79 Å². The van der Waals surface area contributed by atoms with Crippen LogP contribution in [0.25, 0.3) is 0 Å². The van der Waals surface area contributed by atoms with Gasteiger partial charge in [0.15, 0.2) is 0 Å². The van der Waals surface area contributed by atoms with E-state index in [4.69, 9.17) is 0 Å². The van der Waals surface area contributed by atoms with Crippen LogP contribution in [0.2, 0.25) is 0 Å². The van der Waals surface area contributed by atoms with Gasteiger partial charge in [-0.15, -0.1) is 6.58 Å². The van der Waals surface area contributed by atoms with E-state index in [1.807, 2.05) is 11.0 Å². The Hall–Kier alpha value is -0.830. The van der Waals surface area contributed by atoms with E-state index in [9.17, 15) is 4.79 Å². The van der Waals surface area contributed by atoms with Crippen LogP contribution < -0.4 is 5.32 Å². The molecule has 0 aromatic heterocycles. The lowest BCUT2D eigenvalue weighted by Crippen LogP contribution is -2.44. The summed E-state index contributed by atoms with van der Waals surface area (Å²) in [4.78, 5) is 14.0.